The number of para-hydroxylation sites is 1. The van der Waals surface area contributed by atoms with E-state index in [-0.39, 0.29) is 11.9 Å². The molecule has 2 aromatic carbocycles. The van der Waals surface area contributed by atoms with Gasteiger partial charge in [0.1, 0.15) is 5.69 Å². The highest BCUT2D eigenvalue weighted by molar-refractivity contribution is 6.05. The lowest BCUT2D eigenvalue weighted by Gasteiger charge is -2.26. The van der Waals surface area contributed by atoms with Crippen molar-refractivity contribution in [2.45, 2.75) is 19.9 Å². The molecule has 0 bridgehead atoms. The van der Waals surface area contributed by atoms with Crippen LogP contribution in [-0.2, 0) is 0 Å². The number of nitrogens with one attached hydrogen (secondary N) is 1. The van der Waals surface area contributed by atoms with Crippen LogP contribution in [0.4, 0.5) is 17.1 Å². The number of carbonyl (C=O) groups excluding carboxylic acids is 1. The highest BCUT2D eigenvalue weighted by Crippen LogP contribution is 2.24. The van der Waals surface area contributed by atoms with Crippen LogP contribution in [0.25, 0.3) is 0 Å². The SMILES string of the molecule is CC(C)N(C(=O)c1ccccn1)c1ccc(Nc2ccccc2)cc1. The van der Waals surface area contributed by atoms with Crippen LogP contribution >= 0.6 is 0 Å². The normalized spacial score (nSPS) is 10.5. The Labute approximate surface area is 148 Å². The van der Waals surface area contributed by atoms with Crippen molar-refractivity contribution in [1.82, 2.24) is 4.98 Å². The number of hydrogen-bond donors (Lipinski definition) is 1. The number of hydrogen-bond acceptors (Lipinski definition) is 3. The largest absolute Gasteiger partial charge is 0.356 e. The highest BCUT2D eigenvalue weighted by Gasteiger charge is 2.21. The minimum Gasteiger partial charge on any atom is -0.356 e. The van der Waals surface area contributed by atoms with Gasteiger partial charge in [0.25, 0.3) is 5.91 Å². The molecule has 3 aromatic rings. The molecule has 126 valence electrons. The van der Waals surface area contributed by atoms with E-state index >= 15 is 0 Å². The predicted octanol–water partition coefficient (Wildman–Crippen LogP) is 4.88. The number of aromatic nitrogens is 1. The first-order chi connectivity index (χ1) is 12.1. The fourth-order valence-electron chi connectivity index (χ4n) is 2.66. The molecule has 0 spiro atoms. The molecule has 4 heteroatoms. The zero-order valence-electron chi connectivity index (χ0n) is 14.4. The first kappa shape index (κ1) is 16.7. The van der Waals surface area contributed by atoms with Crippen LogP contribution in [0.2, 0.25) is 0 Å². The summed E-state index contributed by atoms with van der Waals surface area (Å²) >= 11 is 0. The predicted molar refractivity (Wildman–Crippen MR) is 102 cm³/mol. The van der Waals surface area contributed by atoms with E-state index < -0.39 is 0 Å². The fourth-order valence-corrected chi connectivity index (χ4v) is 2.66. The standard InChI is InChI=1S/C21H21N3O/c1-16(2)24(21(25)20-10-6-7-15-22-20)19-13-11-18(12-14-19)23-17-8-4-3-5-9-17/h3-16,23H,1-2H3. The van der Waals surface area contributed by atoms with Crippen molar-refractivity contribution in [3.05, 3.63) is 84.7 Å². The van der Waals surface area contributed by atoms with E-state index in [1.165, 1.54) is 0 Å². The van der Waals surface area contributed by atoms with Crippen LogP contribution in [0.3, 0.4) is 0 Å². The zero-order valence-corrected chi connectivity index (χ0v) is 14.4. The van der Waals surface area contributed by atoms with Gasteiger partial charge in [0, 0.05) is 29.3 Å². The van der Waals surface area contributed by atoms with Gasteiger partial charge in [-0.05, 0) is 62.4 Å². The average Bonchev–Trinajstić information content (AvgIpc) is 2.64. The molecular formula is C21H21N3O. The summed E-state index contributed by atoms with van der Waals surface area (Å²) in [6, 6.07) is 23.2. The molecule has 0 atom stereocenters. The molecule has 0 unspecified atom stereocenters. The minimum atomic E-state index is -0.0978. The number of pyridine rings is 1. The summed E-state index contributed by atoms with van der Waals surface area (Å²) in [4.78, 5) is 18.7. The van der Waals surface area contributed by atoms with Crippen molar-refractivity contribution in [3.8, 4) is 0 Å². The summed E-state index contributed by atoms with van der Waals surface area (Å²) < 4.78 is 0. The van der Waals surface area contributed by atoms with Crippen molar-refractivity contribution in [2.75, 3.05) is 10.2 Å². The van der Waals surface area contributed by atoms with Crippen molar-refractivity contribution in [1.29, 1.82) is 0 Å². The van der Waals surface area contributed by atoms with Gasteiger partial charge in [0.05, 0.1) is 0 Å². The summed E-state index contributed by atoms with van der Waals surface area (Å²) in [6.45, 7) is 3.99. The summed E-state index contributed by atoms with van der Waals surface area (Å²) in [7, 11) is 0. The Morgan fingerprint density at radius 3 is 2.12 bits per heavy atom. The summed E-state index contributed by atoms with van der Waals surface area (Å²) in [5, 5.41) is 3.34. The number of amides is 1. The van der Waals surface area contributed by atoms with Gasteiger partial charge in [-0.15, -0.1) is 0 Å². The van der Waals surface area contributed by atoms with E-state index in [9.17, 15) is 4.79 Å². The van der Waals surface area contributed by atoms with E-state index in [1.54, 1.807) is 23.2 Å². The Bertz CT molecular complexity index is 815. The number of rotatable bonds is 5. The summed E-state index contributed by atoms with van der Waals surface area (Å²) in [5.74, 6) is -0.0978. The molecule has 0 aliphatic carbocycles. The summed E-state index contributed by atoms with van der Waals surface area (Å²) in [6.07, 6.45) is 1.64. The molecule has 0 radical (unpaired) electrons. The van der Waals surface area contributed by atoms with Crippen LogP contribution < -0.4 is 10.2 Å². The Morgan fingerprint density at radius 2 is 1.52 bits per heavy atom. The molecule has 0 fully saturated rings. The molecule has 25 heavy (non-hydrogen) atoms. The first-order valence-electron chi connectivity index (χ1n) is 8.32. The maximum atomic E-state index is 12.8. The van der Waals surface area contributed by atoms with Gasteiger partial charge in [-0.2, -0.15) is 0 Å². The van der Waals surface area contributed by atoms with Gasteiger partial charge in [0.2, 0.25) is 0 Å². The first-order valence-corrected chi connectivity index (χ1v) is 8.32. The lowest BCUT2D eigenvalue weighted by atomic mass is 10.2. The van der Waals surface area contributed by atoms with Gasteiger partial charge in [-0.25, -0.2) is 0 Å². The molecule has 1 heterocycles. The maximum Gasteiger partial charge on any atom is 0.277 e. The van der Waals surface area contributed by atoms with Crippen molar-refractivity contribution in [2.24, 2.45) is 0 Å². The lowest BCUT2D eigenvalue weighted by molar-refractivity contribution is 0.0975. The van der Waals surface area contributed by atoms with Gasteiger partial charge in [-0.3, -0.25) is 9.78 Å². The van der Waals surface area contributed by atoms with Crippen LogP contribution in [0, 0.1) is 0 Å². The third kappa shape index (κ3) is 4.04. The van der Waals surface area contributed by atoms with Crippen LogP contribution in [-0.4, -0.2) is 16.9 Å². The Hall–Kier alpha value is -3.14. The topological polar surface area (TPSA) is 45.2 Å². The Balaban J connectivity index is 1.82. The fraction of sp³-hybridized carbons (Fsp3) is 0.143. The second-order valence-corrected chi connectivity index (χ2v) is 6.02. The van der Waals surface area contributed by atoms with E-state index in [0.717, 1.165) is 17.1 Å². The monoisotopic (exact) mass is 331 g/mol. The molecule has 1 aromatic heterocycles. The quantitative estimate of drug-likeness (QED) is 0.724. The van der Waals surface area contributed by atoms with Gasteiger partial charge in [0.15, 0.2) is 0 Å². The van der Waals surface area contributed by atoms with Crippen LogP contribution in [0.15, 0.2) is 79.0 Å². The van der Waals surface area contributed by atoms with E-state index in [2.05, 4.69) is 10.3 Å². The van der Waals surface area contributed by atoms with Crippen molar-refractivity contribution < 1.29 is 4.79 Å². The molecule has 4 nitrogen and oxygen atoms in total. The third-order valence-electron chi connectivity index (χ3n) is 3.83. The maximum absolute atomic E-state index is 12.8. The van der Waals surface area contributed by atoms with Gasteiger partial charge >= 0.3 is 0 Å². The highest BCUT2D eigenvalue weighted by atomic mass is 16.2. The van der Waals surface area contributed by atoms with E-state index in [4.69, 9.17) is 0 Å². The molecule has 0 saturated carbocycles. The minimum absolute atomic E-state index is 0.0300. The van der Waals surface area contributed by atoms with Crippen molar-refractivity contribution >= 4 is 23.0 Å². The zero-order chi connectivity index (χ0) is 17.6. The molecule has 3 rings (SSSR count). The second-order valence-electron chi connectivity index (χ2n) is 6.02. The number of anilines is 3. The van der Waals surface area contributed by atoms with Crippen LogP contribution in [0.1, 0.15) is 24.3 Å². The van der Waals surface area contributed by atoms with Crippen molar-refractivity contribution in [3.63, 3.8) is 0 Å². The van der Waals surface area contributed by atoms with E-state index in [0.29, 0.717) is 5.69 Å². The number of benzene rings is 2. The smallest absolute Gasteiger partial charge is 0.277 e. The Morgan fingerprint density at radius 1 is 0.880 bits per heavy atom. The van der Waals surface area contributed by atoms with Gasteiger partial charge < -0.3 is 10.2 Å². The number of nitrogens with zero attached hydrogens (tertiary/aromatic N) is 2. The molecule has 0 aliphatic heterocycles. The molecule has 0 aliphatic rings. The second kappa shape index (κ2) is 7.62. The summed E-state index contributed by atoms with van der Waals surface area (Å²) in [5.41, 5.74) is 3.30. The lowest BCUT2D eigenvalue weighted by Crippen LogP contribution is -2.37. The van der Waals surface area contributed by atoms with E-state index in [1.807, 2.05) is 74.5 Å². The third-order valence-corrected chi connectivity index (χ3v) is 3.83. The van der Waals surface area contributed by atoms with Crippen LogP contribution in [0.5, 0.6) is 0 Å². The molecular weight excluding hydrogens is 310 g/mol. The molecule has 0 saturated heterocycles. The average molecular weight is 331 g/mol. The van der Waals surface area contributed by atoms with Gasteiger partial charge in [-0.1, -0.05) is 24.3 Å². The Kier molecular flexibility index (Phi) is 5.09. The molecule has 1 amide bonds. The molecule has 1 N–H and O–H groups in total. The number of carbonyl (C=O) groups is 1.